The van der Waals surface area contributed by atoms with Crippen LogP contribution in [0.1, 0.15) is 19.8 Å². The molecule has 1 atom stereocenters. The standard InChI is InChI=1S/C10H22N2O/c1-3-10-9-12(7-8-13-2)6-4-5-11-10/h10-11H,3-9H2,1-2H3. The van der Waals surface area contributed by atoms with Crippen LogP contribution in [0.5, 0.6) is 0 Å². The van der Waals surface area contributed by atoms with E-state index in [0.717, 1.165) is 13.2 Å². The predicted molar refractivity (Wildman–Crippen MR) is 55.0 cm³/mol. The van der Waals surface area contributed by atoms with Gasteiger partial charge in [-0.25, -0.2) is 0 Å². The second-order valence-electron chi connectivity index (χ2n) is 3.71. The third-order valence-electron chi connectivity index (χ3n) is 2.67. The van der Waals surface area contributed by atoms with Gasteiger partial charge in [0.15, 0.2) is 0 Å². The molecule has 1 aliphatic heterocycles. The fourth-order valence-corrected chi connectivity index (χ4v) is 1.77. The Kier molecular flexibility index (Phi) is 5.35. The first-order valence-electron chi connectivity index (χ1n) is 5.31. The van der Waals surface area contributed by atoms with E-state index >= 15 is 0 Å². The summed E-state index contributed by atoms with van der Waals surface area (Å²) in [4.78, 5) is 2.50. The molecule has 0 amide bonds. The van der Waals surface area contributed by atoms with Crippen LogP contribution in [-0.2, 0) is 4.74 Å². The van der Waals surface area contributed by atoms with Gasteiger partial charge in [-0.1, -0.05) is 6.92 Å². The van der Waals surface area contributed by atoms with Crippen LogP contribution in [0.15, 0.2) is 0 Å². The molecule has 0 aliphatic carbocycles. The van der Waals surface area contributed by atoms with Crippen molar-refractivity contribution in [3.8, 4) is 0 Å². The monoisotopic (exact) mass is 186 g/mol. The van der Waals surface area contributed by atoms with Crippen LogP contribution in [0.4, 0.5) is 0 Å². The average molecular weight is 186 g/mol. The predicted octanol–water partition coefficient (Wildman–Crippen LogP) is 0.707. The van der Waals surface area contributed by atoms with E-state index in [-0.39, 0.29) is 0 Å². The minimum atomic E-state index is 0.680. The first-order valence-corrected chi connectivity index (χ1v) is 5.31. The molecule has 0 spiro atoms. The molecule has 0 aromatic heterocycles. The lowest BCUT2D eigenvalue weighted by Crippen LogP contribution is -2.38. The summed E-state index contributed by atoms with van der Waals surface area (Å²) in [7, 11) is 1.77. The van der Waals surface area contributed by atoms with E-state index in [2.05, 4.69) is 17.1 Å². The van der Waals surface area contributed by atoms with Crippen LogP contribution in [0.3, 0.4) is 0 Å². The normalized spacial score (nSPS) is 25.8. The molecule has 3 nitrogen and oxygen atoms in total. The number of methoxy groups -OCH3 is 1. The lowest BCUT2D eigenvalue weighted by Gasteiger charge is -2.22. The second-order valence-corrected chi connectivity index (χ2v) is 3.71. The van der Waals surface area contributed by atoms with Gasteiger partial charge in [0.1, 0.15) is 0 Å². The molecular weight excluding hydrogens is 164 g/mol. The molecule has 0 aromatic rings. The second kappa shape index (κ2) is 6.35. The Morgan fingerprint density at radius 3 is 3.08 bits per heavy atom. The molecule has 1 rings (SSSR count). The zero-order valence-electron chi connectivity index (χ0n) is 8.88. The Hall–Kier alpha value is -0.120. The van der Waals surface area contributed by atoms with Crippen molar-refractivity contribution in [1.29, 1.82) is 0 Å². The van der Waals surface area contributed by atoms with Gasteiger partial charge in [0, 0.05) is 26.2 Å². The van der Waals surface area contributed by atoms with E-state index in [1.54, 1.807) is 7.11 Å². The molecule has 3 heteroatoms. The van der Waals surface area contributed by atoms with E-state index in [9.17, 15) is 0 Å². The minimum Gasteiger partial charge on any atom is -0.383 e. The van der Waals surface area contributed by atoms with Gasteiger partial charge in [-0.3, -0.25) is 4.90 Å². The van der Waals surface area contributed by atoms with Crippen LogP contribution in [0, 0.1) is 0 Å². The van der Waals surface area contributed by atoms with Crippen LogP contribution in [0.25, 0.3) is 0 Å². The topological polar surface area (TPSA) is 24.5 Å². The number of hydrogen-bond acceptors (Lipinski definition) is 3. The zero-order chi connectivity index (χ0) is 9.52. The highest BCUT2D eigenvalue weighted by Crippen LogP contribution is 2.02. The van der Waals surface area contributed by atoms with Gasteiger partial charge < -0.3 is 10.1 Å². The Morgan fingerprint density at radius 1 is 1.54 bits per heavy atom. The van der Waals surface area contributed by atoms with Crippen molar-refractivity contribution in [3.63, 3.8) is 0 Å². The average Bonchev–Trinajstić information content (AvgIpc) is 2.39. The Balaban J connectivity index is 2.26. The summed E-state index contributed by atoms with van der Waals surface area (Å²) in [6.07, 6.45) is 2.49. The maximum Gasteiger partial charge on any atom is 0.0589 e. The minimum absolute atomic E-state index is 0.680. The van der Waals surface area contributed by atoms with Gasteiger partial charge in [0.2, 0.25) is 0 Å². The summed E-state index contributed by atoms with van der Waals surface area (Å²) >= 11 is 0. The molecule has 1 heterocycles. The molecule has 0 bridgehead atoms. The molecule has 0 saturated carbocycles. The van der Waals surface area contributed by atoms with Gasteiger partial charge >= 0.3 is 0 Å². The summed E-state index contributed by atoms with van der Waals surface area (Å²) in [6.45, 7) is 7.75. The summed E-state index contributed by atoms with van der Waals surface area (Å²) < 4.78 is 5.09. The summed E-state index contributed by atoms with van der Waals surface area (Å²) in [5.41, 5.74) is 0. The zero-order valence-corrected chi connectivity index (χ0v) is 8.88. The van der Waals surface area contributed by atoms with Gasteiger partial charge in [-0.2, -0.15) is 0 Å². The number of rotatable bonds is 4. The lowest BCUT2D eigenvalue weighted by atomic mass is 10.2. The summed E-state index contributed by atoms with van der Waals surface area (Å²) in [6, 6.07) is 0.680. The number of nitrogens with one attached hydrogen (secondary N) is 1. The third kappa shape index (κ3) is 4.07. The van der Waals surface area contributed by atoms with Crippen molar-refractivity contribution in [2.45, 2.75) is 25.8 Å². The Morgan fingerprint density at radius 2 is 2.38 bits per heavy atom. The van der Waals surface area contributed by atoms with Crippen molar-refractivity contribution < 1.29 is 4.74 Å². The number of hydrogen-bond donors (Lipinski definition) is 1. The SMILES string of the molecule is CCC1CN(CCOC)CCCN1. The lowest BCUT2D eigenvalue weighted by molar-refractivity contribution is 0.146. The number of nitrogens with zero attached hydrogens (tertiary/aromatic N) is 1. The van der Waals surface area contributed by atoms with E-state index in [1.807, 2.05) is 0 Å². The maximum absolute atomic E-state index is 5.09. The molecule has 1 unspecified atom stereocenters. The fraction of sp³-hybridized carbons (Fsp3) is 1.00. The largest absolute Gasteiger partial charge is 0.383 e. The molecule has 1 saturated heterocycles. The van der Waals surface area contributed by atoms with E-state index in [4.69, 9.17) is 4.74 Å². The Labute approximate surface area is 81.4 Å². The van der Waals surface area contributed by atoms with Gasteiger partial charge in [-0.15, -0.1) is 0 Å². The molecule has 0 aromatic carbocycles. The highest BCUT2D eigenvalue weighted by Gasteiger charge is 2.15. The van der Waals surface area contributed by atoms with Gasteiger partial charge in [-0.05, 0) is 25.9 Å². The molecular formula is C10H22N2O. The molecule has 78 valence electrons. The fourth-order valence-electron chi connectivity index (χ4n) is 1.77. The van der Waals surface area contributed by atoms with Crippen LogP contribution in [-0.4, -0.2) is 50.8 Å². The van der Waals surface area contributed by atoms with Crippen molar-refractivity contribution in [3.05, 3.63) is 0 Å². The van der Waals surface area contributed by atoms with Crippen LogP contribution >= 0.6 is 0 Å². The quantitative estimate of drug-likeness (QED) is 0.699. The van der Waals surface area contributed by atoms with Crippen molar-refractivity contribution in [1.82, 2.24) is 10.2 Å². The highest BCUT2D eigenvalue weighted by atomic mass is 16.5. The number of ether oxygens (including phenoxy) is 1. The van der Waals surface area contributed by atoms with Gasteiger partial charge in [0.05, 0.1) is 6.61 Å². The smallest absolute Gasteiger partial charge is 0.0589 e. The third-order valence-corrected chi connectivity index (χ3v) is 2.67. The molecule has 13 heavy (non-hydrogen) atoms. The van der Waals surface area contributed by atoms with Crippen molar-refractivity contribution >= 4 is 0 Å². The molecule has 1 fully saturated rings. The van der Waals surface area contributed by atoms with Crippen molar-refractivity contribution in [2.75, 3.05) is 39.9 Å². The van der Waals surface area contributed by atoms with Crippen molar-refractivity contribution in [2.24, 2.45) is 0 Å². The summed E-state index contributed by atoms with van der Waals surface area (Å²) in [5, 5.41) is 3.56. The van der Waals surface area contributed by atoms with E-state index < -0.39 is 0 Å². The highest BCUT2D eigenvalue weighted by molar-refractivity contribution is 4.74. The Bertz CT molecular complexity index is 130. The first-order chi connectivity index (χ1) is 6.36. The molecule has 1 aliphatic rings. The molecule has 1 N–H and O–H groups in total. The molecule has 0 radical (unpaired) electrons. The van der Waals surface area contributed by atoms with E-state index in [0.29, 0.717) is 6.04 Å². The summed E-state index contributed by atoms with van der Waals surface area (Å²) in [5.74, 6) is 0. The van der Waals surface area contributed by atoms with Gasteiger partial charge in [0.25, 0.3) is 0 Å². The maximum atomic E-state index is 5.09. The van der Waals surface area contributed by atoms with E-state index in [1.165, 1.54) is 32.5 Å². The first kappa shape index (κ1) is 11.0. The van der Waals surface area contributed by atoms with Crippen LogP contribution < -0.4 is 5.32 Å². The van der Waals surface area contributed by atoms with Crippen LogP contribution in [0.2, 0.25) is 0 Å².